The Morgan fingerprint density at radius 3 is 3.05 bits per heavy atom. The van der Waals surface area contributed by atoms with Crippen LogP contribution < -0.4 is 15.5 Å². The number of rotatable bonds is 3. The van der Waals surface area contributed by atoms with Gasteiger partial charge < -0.3 is 15.5 Å². The standard InChI is InChI=1S/C13H19N7O/c1-14-12(21)8-4-3-5-20(7-8)11-9-6-16-19-10(9)17-13(15-2)18-11/h6,8H,3-5,7H2,1-2H3,(H,14,21)(H2,15,16,17,18,19). The lowest BCUT2D eigenvalue weighted by Crippen LogP contribution is -2.42. The topological polar surface area (TPSA) is 98.8 Å². The highest BCUT2D eigenvalue weighted by molar-refractivity contribution is 5.88. The van der Waals surface area contributed by atoms with E-state index in [2.05, 4.69) is 35.7 Å². The average molecular weight is 289 g/mol. The molecule has 1 atom stereocenters. The van der Waals surface area contributed by atoms with Crippen LogP contribution in [0.2, 0.25) is 0 Å². The molecule has 8 nitrogen and oxygen atoms in total. The molecule has 0 radical (unpaired) electrons. The van der Waals surface area contributed by atoms with Gasteiger partial charge in [-0.15, -0.1) is 0 Å². The van der Waals surface area contributed by atoms with Crippen molar-refractivity contribution in [3.63, 3.8) is 0 Å². The Bertz CT molecular complexity index is 653. The third-order valence-corrected chi connectivity index (χ3v) is 3.85. The first-order valence-electron chi connectivity index (χ1n) is 7.08. The first-order chi connectivity index (χ1) is 10.2. The van der Waals surface area contributed by atoms with E-state index in [1.807, 2.05) is 0 Å². The van der Waals surface area contributed by atoms with Crippen molar-refractivity contribution >= 4 is 28.7 Å². The van der Waals surface area contributed by atoms with E-state index in [1.165, 1.54) is 0 Å². The van der Waals surface area contributed by atoms with Gasteiger partial charge in [0.05, 0.1) is 17.5 Å². The zero-order chi connectivity index (χ0) is 14.8. The Morgan fingerprint density at radius 1 is 1.43 bits per heavy atom. The highest BCUT2D eigenvalue weighted by atomic mass is 16.1. The van der Waals surface area contributed by atoms with Gasteiger partial charge in [0, 0.05) is 27.2 Å². The molecule has 0 saturated carbocycles. The quantitative estimate of drug-likeness (QED) is 0.754. The molecule has 3 rings (SSSR count). The van der Waals surface area contributed by atoms with Gasteiger partial charge in [-0.3, -0.25) is 9.89 Å². The maximum atomic E-state index is 11.9. The molecule has 2 aromatic rings. The predicted molar refractivity (Wildman–Crippen MR) is 80.2 cm³/mol. The number of aromatic nitrogens is 4. The maximum Gasteiger partial charge on any atom is 0.226 e. The van der Waals surface area contributed by atoms with Crippen molar-refractivity contribution in [1.82, 2.24) is 25.5 Å². The van der Waals surface area contributed by atoms with Crippen LogP contribution in [0.4, 0.5) is 11.8 Å². The summed E-state index contributed by atoms with van der Waals surface area (Å²) in [6, 6.07) is 0. The van der Waals surface area contributed by atoms with Crippen molar-refractivity contribution in [2.75, 3.05) is 37.4 Å². The summed E-state index contributed by atoms with van der Waals surface area (Å²) < 4.78 is 0. The number of amides is 1. The minimum Gasteiger partial charge on any atom is -0.359 e. The third kappa shape index (κ3) is 2.48. The molecule has 1 unspecified atom stereocenters. The molecule has 0 aliphatic carbocycles. The van der Waals surface area contributed by atoms with E-state index >= 15 is 0 Å². The molecule has 1 saturated heterocycles. The summed E-state index contributed by atoms with van der Waals surface area (Å²) in [6.45, 7) is 1.55. The normalized spacial score (nSPS) is 18.8. The van der Waals surface area contributed by atoms with Crippen molar-refractivity contribution in [2.45, 2.75) is 12.8 Å². The smallest absolute Gasteiger partial charge is 0.226 e. The van der Waals surface area contributed by atoms with Crippen molar-refractivity contribution in [3.05, 3.63) is 6.20 Å². The maximum absolute atomic E-state index is 11.9. The molecule has 112 valence electrons. The zero-order valence-corrected chi connectivity index (χ0v) is 12.2. The third-order valence-electron chi connectivity index (χ3n) is 3.85. The fourth-order valence-corrected chi connectivity index (χ4v) is 2.76. The number of anilines is 2. The van der Waals surface area contributed by atoms with Crippen molar-refractivity contribution in [2.24, 2.45) is 5.92 Å². The van der Waals surface area contributed by atoms with Crippen LogP contribution in [-0.4, -0.2) is 53.3 Å². The molecule has 3 N–H and O–H groups in total. The highest BCUT2D eigenvalue weighted by Crippen LogP contribution is 2.28. The molecule has 0 bridgehead atoms. The summed E-state index contributed by atoms with van der Waals surface area (Å²) in [7, 11) is 3.46. The fourth-order valence-electron chi connectivity index (χ4n) is 2.76. The minimum atomic E-state index is -0.00120. The second-order valence-corrected chi connectivity index (χ2v) is 5.15. The van der Waals surface area contributed by atoms with Crippen LogP contribution in [0.15, 0.2) is 6.20 Å². The highest BCUT2D eigenvalue weighted by Gasteiger charge is 2.27. The van der Waals surface area contributed by atoms with Crippen LogP contribution in [0.25, 0.3) is 11.0 Å². The summed E-state index contributed by atoms with van der Waals surface area (Å²) in [6.07, 6.45) is 3.61. The van der Waals surface area contributed by atoms with Gasteiger partial charge in [-0.05, 0) is 12.8 Å². The molecule has 8 heteroatoms. The van der Waals surface area contributed by atoms with Crippen LogP contribution in [-0.2, 0) is 4.79 Å². The monoisotopic (exact) mass is 289 g/mol. The van der Waals surface area contributed by atoms with E-state index in [9.17, 15) is 4.79 Å². The number of carbonyl (C=O) groups excluding carboxylic acids is 1. The number of H-pyrrole nitrogens is 1. The summed E-state index contributed by atoms with van der Waals surface area (Å²) in [5.41, 5.74) is 0.700. The van der Waals surface area contributed by atoms with Crippen molar-refractivity contribution < 1.29 is 4.79 Å². The van der Waals surface area contributed by atoms with E-state index in [0.717, 1.165) is 30.6 Å². The number of nitrogens with one attached hydrogen (secondary N) is 3. The Morgan fingerprint density at radius 2 is 2.29 bits per heavy atom. The number of aromatic amines is 1. The molecule has 1 fully saturated rings. The molecule has 1 amide bonds. The van der Waals surface area contributed by atoms with Gasteiger partial charge in [0.2, 0.25) is 11.9 Å². The van der Waals surface area contributed by atoms with Gasteiger partial charge in [-0.2, -0.15) is 15.1 Å². The molecule has 0 aromatic carbocycles. The number of nitrogens with zero attached hydrogens (tertiary/aromatic N) is 4. The van der Waals surface area contributed by atoms with Crippen molar-refractivity contribution in [3.8, 4) is 0 Å². The Balaban J connectivity index is 1.95. The first kappa shape index (κ1) is 13.6. The van der Waals surface area contributed by atoms with Crippen LogP contribution in [0, 0.1) is 5.92 Å². The minimum absolute atomic E-state index is 0.00120. The average Bonchev–Trinajstić information content (AvgIpc) is 3.01. The molecule has 2 aromatic heterocycles. The lowest BCUT2D eigenvalue weighted by Gasteiger charge is -2.33. The SMILES string of the molecule is CNC(=O)C1CCCN(c2nc(NC)nc3[nH]ncc23)C1. The summed E-state index contributed by atoms with van der Waals surface area (Å²) >= 11 is 0. The van der Waals surface area contributed by atoms with Crippen LogP contribution in [0.1, 0.15) is 12.8 Å². The van der Waals surface area contributed by atoms with Crippen LogP contribution in [0.5, 0.6) is 0 Å². The van der Waals surface area contributed by atoms with Gasteiger partial charge in [0.1, 0.15) is 5.82 Å². The van der Waals surface area contributed by atoms with Gasteiger partial charge in [0.25, 0.3) is 0 Å². The van der Waals surface area contributed by atoms with Crippen molar-refractivity contribution in [1.29, 1.82) is 0 Å². The number of piperidine rings is 1. The second kappa shape index (κ2) is 5.55. The first-order valence-corrected chi connectivity index (χ1v) is 7.08. The summed E-state index contributed by atoms with van der Waals surface area (Å²) in [5.74, 6) is 1.46. The number of hydrogen-bond acceptors (Lipinski definition) is 6. The zero-order valence-electron chi connectivity index (χ0n) is 12.2. The molecule has 3 heterocycles. The predicted octanol–water partition coefficient (Wildman–Crippen LogP) is 0.357. The van der Waals surface area contributed by atoms with E-state index < -0.39 is 0 Å². The second-order valence-electron chi connectivity index (χ2n) is 5.15. The fraction of sp³-hybridized carbons (Fsp3) is 0.538. The van der Waals surface area contributed by atoms with E-state index in [0.29, 0.717) is 18.1 Å². The lowest BCUT2D eigenvalue weighted by atomic mass is 9.97. The molecule has 21 heavy (non-hydrogen) atoms. The molecule has 0 spiro atoms. The van der Waals surface area contributed by atoms with E-state index in [1.54, 1.807) is 20.3 Å². The number of carbonyl (C=O) groups is 1. The largest absolute Gasteiger partial charge is 0.359 e. The van der Waals surface area contributed by atoms with Gasteiger partial charge in [-0.25, -0.2) is 0 Å². The number of fused-ring (bicyclic) bond motifs is 1. The van der Waals surface area contributed by atoms with E-state index in [4.69, 9.17) is 0 Å². The van der Waals surface area contributed by atoms with Crippen LogP contribution >= 0.6 is 0 Å². The lowest BCUT2D eigenvalue weighted by molar-refractivity contribution is -0.124. The van der Waals surface area contributed by atoms with Gasteiger partial charge >= 0.3 is 0 Å². The Kier molecular flexibility index (Phi) is 3.59. The molecular formula is C13H19N7O. The summed E-state index contributed by atoms with van der Waals surface area (Å²) in [5, 5.41) is 13.5. The number of hydrogen-bond donors (Lipinski definition) is 3. The Hall–Kier alpha value is -2.38. The molecular weight excluding hydrogens is 270 g/mol. The van der Waals surface area contributed by atoms with Crippen LogP contribution in [0.3, 0.4) is 0 Å². The Labute approximate surface area is 122 Å². The van der Waals surface area contributed by atoms with Gasteiger partial charge in [-0.1, -0.05) is 0 Å². The molecule has 1 aliphatic heterocycles. The van der Waals surface area contributed by atoms with Gasteiger partial charge in [0.15, 0.2) is 5.65 Å². The summed E-state index contributed by atoms with van der Waals surface area (Å²) in [4.78, 5) is 22.9. The van der Waals surface area contributed by atoms with E-state index in [-0.39, 0.29) is 11.8 Å². The molecule has 1 aliphatic rings.